The van der Waals surface area contributed by atoms with Crippen molar-refractivity contribution in [3.63, 3.8) is 0 Å². The van der Waals surface area contributed by atoms with E-state index in [1.165, 1.54) is 24.0 Å². The number of carbonyl (C=O) groups is 1. The van der Waals surface area contributed by atoms with Crippen molar-refractivity contribution >= 4 is 28.7 Å². The topological polar surface area (TPSA) is 114 Å². The number of likely N-dealkylation sites (tertiary alicyclic amines) is 1. The Morgan fingerprint density at radius 1 is 0.961 bits per heavy atom. The van der Waals surface area contributed by atoms with E-state index in [2.05, 4.69) is 54.3 Å². The van der Waals surface area contributed by atoms with E-state index in [1.54, 1.807) is 7.11 Å². The predicted octanol–water partition coefficient (Wildman–Crippen LogP) is 5.68. The Bertz CT molecular complexity index is 1410. The molecule has 0 amide bonds. The molecule has 0 aromatic heterocycles. The highest BCUT2D eigenvalue weighted by Crippen LogP contribution is 2.78. The number of carbonyl (C=O) groups excluding carboxylic acids is 1. The molecule has 2 spiro atoms. The number of methoxy groups -OCH3 is 1. The van der Waals surface area contributed by atoms with Crippen molar-refractivity contribution in [1.82, 2.24) is 4.90 Å². The summed E-state index contributed by atoms with van der Waals surface area (Å²) in [5.74, 6) is 1.71. The van der Waals surface area contributed by atoms with Gasteiger partial charge in [0, 0.05) is 42.0 Å². The lowest BCUT2D eigenvalue weighted by atomic mass is 9.33. The molecule has 4 bridgehead atoms. The van der Waals surface area contributed by atoms with Crippen molar-refractivity contribution in [1.29, 1.82) is 0 Å². The minimum Gasteiger partial charge on any atom is -0.482 e. The van der Waals surface area contributed by atoms with Gasteiger partial charge in [0.1, 0.15) is 18.3 Å². The van der Waals surface area contributed by atoms with Crippen LogP contribution in [0, 0.1) is 22.7 Å². The average Bonchev–Trinajstić information content (AvgIpc) is 3.84. The summed E-state index contributed by atoms with van der Waals surface area (Å²) in [6.45, 7) is 13.8. The highest BCUT2D eigenvalue weighted by atomic mass is 127. The molecule has 0 radical (unpaired) electrons. The molecule has 5 fully saturated rings. The summed E-state index contributed by atoms with van der Waals surface area (Å²) in [4.78, 5) is 15.8. The van der Waals surface area contributed by atoms with Crippen LogP contribution in [0.2, 0.25) is 0 Å². The molecule has 11 nitrogen and oxygen atoms in total. The van der Waals surface area contributed by atoms with Crippen LogP contribution >= 0.6 is 22.6 Å². The van der Waals surface area contributed by atoms with Crippen LogP contribution < -0.4 is 9.47 Å². The summed E-state index contributed by atoms with van der Waals surface area (Å²) in [5.41, 5.74) is 0.0678. The second-order valence-electron chi connectivity index (χ2n) is 16.8. The summed E-state index contributed by atoms with van der Waals surface area (Å²) in [5, 5.41) is 12.5. The third-order valence-electron chi connectivity index (χ3n) is 13.7. The number of fused-ring (bicyclic) bond motifs is 2. The van der Waals surface area contributed by atoms with Gasteiger partial charge in [-0.05, 0) is 81.4 Å². The fraction of sp³-hybridized carbons (Fsp3) is 0.821. The number of benzene rings is 1. The van der Waals surface area contributed by atoms with Crippen LogP contribution in [0.15, 0.2) is 12.1 Å². The van der Waals surface area contributed by atoms with E-state index in [0.717, 1.165) is 51.1 Å². The lowest BCUT2D eigenvalue weighted by Gasteiger charge is -2.75. The zero-order valence-corrected chi connectivity index (χ0v) is 33.3. The Hall–Kier alpha value is -1.26. The molecule has 1 saturated heterocycles. The zero-order chi connectivity index (χ0) is 36.1. The fourth-order valence-corrected chi connectivity index (χ4v) is 11.0. The number of halogens is 1. The molecular formula is C39H58INO10. The number of nitrogens with zero attached hydrogens (tertiary/aromatic N) is 1. The lowest BCUT2D eigenvalue weighted by molar-refractivity contribution is -0.312. The molecule has 12 heteroatoms. The van der Waals surface area contributed by atoms with Crippen molar-refractivity contribution in [2.75, 3.05) is 77.7 Å². The van der Waals surface area contributed by atoms with Crippen LogP contribution in [-0.2, 0) is 40.3 Å². The first-order valence-corrected chi connectivity index (χ1v) is 20.5. The predicted molar refractivity (Wildman–Crippen MR) is 198 cm³/mol. The van der Waals surface area contributed by atoms with Gasteiger partial charge in [0.05, 0.1) is 56.5 Å². The van der Waals surface area contributed by atoms with Crippen LogP contribution in [0.4, 0.5) is 4.79 Å². The number of alkyl halides is 1. The van der Waals surface area contributed by atoms with Crippen molar-refractivity contribution in [2.24, 2.45) is 22.7 Å². The second-order valence-corrected chi connectivity index (χ2v) is 17.5. The van der Waals surface area contributed by atoms with E-state index in [4.69, 9.17) is 37.9 Å². The smallest absolute Gasteiger partial charge is 0.482 e. The van der Waals surface area contributed by atoms with Gasteiger partial charge in [-0.25, -0.2) is 4.79 Å². The quantitative estimate of drug-likeness (QED) is 0.0649. The van der Waals surface area contributed by atoms with Gasteiger partial charge >= 0.3 is 6.16 Å². The molecule has 7 atom stereocenters. The van der Waals surface area contributed by atoms with Gasteiger partial charge in [0.2, 0.25) is 0 Å². The first kappa shape index (κ1) is 38.0. The van der Waals surface area contributed by atoms with E-state index in [1.807, 2.05) is 13.0 Å². The largest absolute Gasteiger partial charge is 0.514 e. The monoisotopic (exact) mass is 827 g/mol. The van der Waals surface area contributed by atoms with E-state index in [9.17, 15) is 9.90 Å². The van der Waals surface area contributed by atoms with Crippen LogP contribution in [0.3, 0.4) is 0 Å². The molecule has 51 heavy (non-hydrogen) atoms. The van der Waals surface area contributed by atoms with Crippen molar-refractivity contribution < 1.29 is 47.8 Å². The van der Waals surface area contributed by atoms with Crippen LogP contribution in [-0.4, -0.2) is 117 Å². The standard InChI is InChI=1S/C39H58INO10/c1-35(2,3)36(4,43)29-23-37-10-11-39(29,44-5)33-38(37)12-13-41(24-26-6-7-26)30(37)22-27-8-9-28(32(51-33)31(27)38)50-34(42)49-21-20-47-17-16-45-14-15-46-18-19-48-25-40/h8-9,26,29-30,33,43H,6-7,10-25H2,1-5H3/t29-,30-,33-,36+,37-,38+,39+/m1/s1. The molecule has 1 aromatic rings. The van der Waals surface area contributed by atoms with Crippen molar-refractivity contribution in [3.05, 3.63) is 23.3 Å². The van der Waals surface area contributed by atoms with E-state index in [-0.39, 0.29) is 41.5 Å². The van der Waals surface area contributed by atoms with E-state index < -0.39 is 17.4 Å². The summed E-state index contributed by atoms with van der Waals surface area (Å²) >= 11 is 2.15. The Morgan fingerprint density at radius 2 is 1.63 bits per heavy atom. The molecule has 2 heterocycles. The molecule has 7 aliphatic rings. The highest BCUT2D eigenvalue weighted by molar-refractivity contribution is 14.1. The van der Waals surface area contributed by atoms with Crippen molar-refractivity contribution in [2.45, 2.75) is 101 Å². The molecule has 4 saturated carbocycles. The van der Waals surface area contributed by atoms with Gasteiger partial charge in [-0.2, -0.15) is 0 Å². The minimum absolute atomic E-state index is 0.0599. The van der Waals surface area contributed by atoms with Gasteiger partial charge in [-0.15, -0.1) is 0 Å². The Morgan fingerprint density at radius 3 is 2.25 bits per heavy atom. The highest BCUT2D eigenvalue weighted by Gasteiger charge is 2.82. The van der Waals surface area contributed by atoms with Gasteiger partial charge in [0.25, 0.3) is 0 Å². The van der Waals surface area contributed by atoms with Crippen LogP contribution in [0.25, 0.3) is 0 Å². The summed E-state index contributed by atoms with van der Waals surface area (Å²) in [7, 11) is 1.80. The second kappa shape index (κ2) is 14.8. The first-order valence-electron chi connectivity index (χ1n) is 19.0. The summed E-state index contributed by atoms with van der Waals surface area (Å²) in [6, 6.07) is 4.39. The van der Waals surface area contributed by atoms with Gasteiger partial charge in [0.15, 0.2) is 11.5 Å². The normalized spacial score (nSPS) is 33.0. The molecular weight excluding hydrogens is 769 g/mol. The summed E-state index contributed by atoms with van der Waals surface area (Å²) < 4.78 is 47.6. The molecule has 1 aromatic carbocycles. The number of rotatable bonds is 18. The van der Waals surface area contributed by atoms with Crippen LogP contribution in [0.1, 0.15) is 77.3 Å². The number of hydrogen-bond donors (Lipinski definition) is 1. The Balaban J connectivity index is 1.05. The van der Waals surface area contributed by atoms with Crippen molar-refractivity contribution in [3.8, 4) is 11.5 Å². The number of piperidine rings is 1. The fourth-order valence-electron chi connectivity index (χ4n) is 10.7. The zero-order valence-electron chi connectivity index (χ0n) is 31.1. The van der Waals surface area contributed by atoms with Gasteiger partial charge < -0.3 is 43.0 Å². The molecule has 5 aliphatic carbocycles. The van der Waals surface area contributed by atoms with Crippen LogP contribution in [0.5, 0.6) is 11.5 Å². The average molecular weight is 828 g/mol. The molecule has 1 N–H and O–H groups in total. The third-order valence-corrected chi connectivity index (χ3v) is 14.1. The molecule has 0 unspecified atom stereocenters. The molecule has 8 rings (SSSR count). The van der Waals surface area contributed by atoms with Gasteiger partial charge in [-0.1, -0.05) is 49.4 Å². The maximum absolute atomic E-state index is 13.0. The third kappa shape index (κ3) is 6.42. The Kier molecular flexibility index (Phi) is 11.0. The SMILES string of the molecule is CO[C@@]12CC[C@@]3(C[C@@H]1[C@](C)(O)C(C)(C)C)[C@H]1Cc4ccc(OC(=O)OCCOCCOCCOCCOCI)c5c4[C@@]3(CCN1CC1CC1)[C@H]2O5. The summed E-state index contributed by atoms with van der Waals surface area (Å²) in [6.07, 6.45) is 6.21. The Labute approximate surface area is 316 Å². The van der Waals surface area contributed by atoms with E-state index in [0.29, 0.717) is 61.8 Å². The maximum atomic E-state index is 13.0. The first-order chi connectivity index (χ1) is 24.4. The number of aliphatic hydroxyl groups is 1. The maximum Gasteiger partial charge on any atom is 0.514 e. The molecule has 286 valence electrons. The number of ether oxygens (including phenoxy) is 8. The van der Waals surface area contributed by atoms with Gasteiger partial charge in [-0.3, -0.25) is 4.90 Å². The molecule has 2 aliphatic heterocycles. The lowest BCUT2D eigenvalue weighted by Crippen LogP contribution is -2.83. The van der Waals surface area contributed by atoms with E-state index >= 15 is 0 Å². The minimum atomic E-state index is -0.999. The number of hydrogen-bond acceptors (Lipinski definition) is 11.